The molecule has 3 heteroatoms. The van der Waals surface area contributed by atoms with Crippen LogP contribution < -0.4 is 5.32 Å². The van der Waals surface area contributed by atoms with E-state index in [1.807, 2.05) is 19.1 Å². The summed E-state index contributed by atoms with van der Waals surface area (Å²) in [5.41, 5.74) is 2.23. The third kappa shape index (κ3) is 2.86. The van der Waals surface area contributed by atoms with Crippen LogP contribution in [0.25, 0.3) is 0 Å². The molecule has 1 aliphatic rings. The van der Waals surface area contributed by atoms with Gasteiger partial charge in [-0.3, -0.25) is 0 Å². The average molecular weight is 226 g/mol. The van der Waals surface area contributed by atoms with Crippen LogP contribution in [0.1, 0.15) is 18.4 Å². The summed E-state index contributed by atoms with van der Waals surface area (Å²) in [6, 6.07) is 6.64. The van der Waals surface area contributed by atoms with Crippen LogP contribution in [0.5, 0.6) is 0 Å². The first-order valence-electron chi connectivity index (χ1n) is 5.36. The van der Waals surface area contributed by atoms with Gasteiger partial charge in [-0.1, -0.05) is 17.7 Å². The molecule has 1 N–H and O–H groups in total. The lowest BCUT2D eigenvalue weighted by atomic mass is 10.1. The van der Waals surface area contributed by atoms with Crippen LogP contribution in [0.4, 0.5) is 5.69 Å². The molecule has 82 valence electrons. The van der Waals surface area contributed by atoms with Gasteiger partial charge in [-0.15, -0.1) is 0 Å². The molecule has 1 fully saturated rings. The summed E-state index contributed by atoms with van der Waals surface area (Å²) in [6.45, 7) is 3.73. The summed E-state index contributed by atoms with van der Waals surface area (Å²) in [5.74, 6) is 0. The van der Waals surface area contributed by atoms with Gasteiger partial charge >= 0.3 is 0 Å². The number of aryl methyl sites for hydroxylation is 1. The second-order valence-corrected chi connectivity index (χ2v) is 4.40. The van der Waals surface area contributed by atoms with Crippen molar-refractivity contribution in [3.63, 3.8) is 0 Å². The Hall–Kier alpha value is -0.730. The number of rotatable bonds is 2. The van der Waals surface area contributed by atoms with Crippen LogP contribution in [0.3, 0.4) is 0 Å². The topological polar surface area (TPSA) is 21.3 Å². The number of ether oxygens (including phenoxy) is 1. The van der Waals surface area contributed by atoms with Gasteiger partial charge in [-0.2, -0.15) is 0 Å². The molecule has 2 nitrogen and oxygen atoms in total. The van der Waals surface area contributed by atoms with Gasteiger partial charge in [0.1, 0.15) is 0 Å². The summed E-state index contributed by atoms with van der Waals surface area (Å²) in [5, 5.41) is 4.31. The number of hydrogen-bond acceptors (Lipinski definition) is 2. The third-order valence-corrected chi connectivity index (χ3v) is 3.17. The monoisotopic (exact) mass is 225 g/mol. The predicted octanol–water partition coefficient (Wildman–Crippen LogP) is 3.24. The fourth-order valence-electron chi connectivity index (χ4n) is 1.76. The normalized spacial score (nSPS) is 17.7. The Morgan fingerprint density at radius 2 is 2.07 bits per heavy atom. The van der Waals surface area contributed by atoms with Gasteiger partial charge < -0.3 is 10.1 Å². The second kappa shape index (κ2) is 4.86. The van der Waals surface area contributed by atoms with Gasteiger partial charge in [0.25, 0.3) is 0 Å². The molecule has 1 aromatic carbocycles. The largest absolute Gasteiger partial charge is 0.382 e. The first kappa shape index (κ1) is 10.8. The molecule has 2 rings (SSSR count). The Labute approximate surface area is 95.6 Å². The Morgan fingerprint density at radius 3 is 2.73 bits per heavy atom. The van der Waals surface area contributed by atoms with Gasteiger partial charge in [0, 0.05) is 30.0 Å². The van der Waals surface area contributed by atoms with E-state index in [-0.39, 0.29) is 0 Å². The van der Waals surface area contributed by atoms with E-state index in [9.17, 15) is 0 Å². The molecule has 0 amide bonds. The molecule has 15 heavy (non-hydrogen) atoms. The van der Waals surface area contributed by atoms with Crippen molar-refractivity contribution < 1.29 is 4.74 Å². The average Bonchev–Trinajstić information content (AvgIpc) is 2.25. The van der Waals surface area contributed by atoms with E-state index in [0.29, 0.717) is 6.04 Å². The minimum atomic E-state index is 0.525. The highest BCUT2D eigenvalue weighted by atomic mass is 35.5. The third-order valence-electron chi connectivity index (χ3n) is 2.76. The minimum Gasteiger partial charge on any atom is -0.382 e. The van der Waals surface area contributed by atoms with Crippen molar-refractivity contribution in [3.05, 3.63) is 28.8 Å². The maximum absolute atomic E-state index is 6.07. The zero-order chi connectivity index (χ0) is 10.7. The number of anilines is 1. The van der Waals surface area contributed by atoms with Gasteiger partial charge in [-0.05, 0) is 37.5 Å². The van der Waals surface area contributed by atoms with Crippen LogP contribution in [0.2, 0.25) is 5.02 Å². The number of halogens is 1. The number of hydrogen-bond donors (Lipinski definition) is 1. The second-order valence-electron chi connectivity index (χ2n) is 3.99. The first-order chi connectivity index (χ1) is 7.25. The summed E-state index contributed by atoms with van der Waals surface area (Å²) in [7, 11) is 0. The molecule has 0 atom stereocenters. The molecule has 0 aromatic heterocycles. The molecule has 1 saturated heterocycles. The van der Waals surface area contributed by atoms with E-state index >= 15 is 0 Å². The number of benzene rings is 1. The Morgan fingerprint density at radius 1 is 1.33 bits per heavy atom. The van der Waals surface area contributed by atoms with E-state index in [0.717, 1.165) is 42.3 Å². The molecule has 0 bridgehead atoms. The SMILES string of the molecule is Cc1ccc(NC2CCOCC2)cc1Cl. The first-order valence-corrected chi connectivity index (χ1v) is 5.74. The lowest BCUT2D eigenvalue weighted by Crippen LogP contribution is -2.27. The maximum Gasteiger partial charge on any atom is 0.0485 e. The van der Waals surface area contributed by atoms with Crippen molar-refractivity contribution in [1.82, 2.24) is 0 Å². The van der Waals surface area contributed by atoms with Crippen molar-refractivity contribution in [1.29, 1.82) is 0 Å². The van der Waals surface area contributed by atoms with E-state index in [1.165, 1.54) is 0 Å². The van der Waals surface area contributed by atoms with Crippen LogP contribution >= 0.6 is 11.6 Å². The Bertz CT molecular complexity index is 334. The fraction of sp³-hybridized carbons (Fsp3) is 0.500. The van der Waals surface area contributed by atoms with E-state index in [2.05, 4.69) is 11.4 Å². The molecule has 0 aliphatic carbocycles. The molecule has 0 saturated carbocycles. The van der Waals surface area contributed by atoms with Crippen molar-refractivity contribution in [3.8, 4) is 0 Å². The zero-order valence-corrected chi connectivity index (χ0v) is 9.68. The summed E-state index contributed by atoms with van der Waals surface area (Å²) in [6.07, 6.45) is 2.15. The highest BCUT2D eigenvalue weighted by Gasteiger charge is 2.13. The van der Waals surface area contributed by atoms with Gasteiger partial charge in [-0.25, -0.2) is 0 Å². The quantitative estimate of drug-likeness (QED) is 0.835. The van der Waals surface area contributed by atoms with Crippen molar-refractivity contribution in [2.75, 3.05) is 18.5 Å². The van der Waals surface area contributed by atoms with E-state index in [4.69, 9.17) is 16.3 Å². The van der Waals surface area contributed by atoms with Crippen molar-refractivity contribution in [2.24, 2.45) is 0 Å². The highest BCUT2D eigenvalue weighted by molar-refractivity contribution is 6.31. The molecular weight excluding hydrogens is 210 g/mol. The lowest BCUT2D eigenvalue weighted by molar-refractivity contribution is 0.0904. The smallest absolute Gasteiger partial charge is 0.0485 e. The lowest BCUT2D eigenvalue weighted by Gasteiger charge is -2.24. The van der Waals surface area contributed by atoms with Crippen LogP contribution in [0, 0.1) is 6.92 Å². The summed E-state index contributed by atoms with van der Waals surface area (Å²) >= 11 is 6.07. The molecule has 1 aliphatic heterocycles. The maximum atomic E-state index is 6.07. The molecule has 0 spiro atoms. The van der Waals surface area contributed by atoms with E-state index < -0.39 is 0 Å². The number of nitrogens with one attached hydrogen (secondary N) is 1. The van der Waals surface area contributed by atoms with Crippen molar-refractivity contribution in [2.45, 2.75) is 25.8 Å². The van der Waals surface area contributed by atoms with Crippen LogP contribution in [-0.4, -0.2) is 19.3 Å². The van der Waals surface area contributed by atoms with Gasteiger partial charge in [0.2, 0.25) is 0 Å². The van der Waals surface area contributed by atoms with Crippen molar-refractivity contribution >= 4 is 17.3 Å². The molecule has 1 aromatic rings. The van der Waals surface area contributed by atoms with Gasteiger partial charge in [0.05, 0.1) is 0 Å². The Kier molecular flexibility index (Phi) is 3.49. The molecule has 0 radical (unpaired) electrons. The Balaban J connectivity index is 2.00. The minimum absolute atomic E-state index is 0.525. The predicted molar refractivity (Wildman–Crippen MR) is 63.7 cm³/mol. The molecular formula is C12H16ClNO. The highest BCUT2D eigenvalue weighted by Crippen LogP contribution is 2.22. The summed E-state index contributed by atoms with van der Waals surface area (Å²) in [4.78, 5) is 0. The summed E-state index contributed by atoms with van der Waals surface area (Å²) < 4.78 is 5.31. The van der Waals surface area contributed by atoms with Crippen LogP contribution in [0.15, 0.2) is 18.2 Å². The van der Waals surface area contributed by atoms with E-state index in [1.54, 1.807) is 0 Å². The standard InChI is InChI=1S/C12H16ClNO/c1-9-2-3-11(8-12(9)13)14-10-4-6-15-7-5-10/h2-3,8,10,14H,4-7H2,1H3. The van der Waals surface area contributed by atoms with Crippen LogP contribution in [-0.2, 0) is 4.74 Å². The van der Waals surface area contributed by atoms with Gasteiger partial charge in [0.15, 0.2) is 0 Å². The fourth-order valence-corrected chi connectivity index (χ4v) is 1.94. The zero-order valence-electron chi connectivity index (χ0n) is 8.92. The molecule has 1 heterocycles. The molecule has 0 unspecified atom stereocenters.